The molecule has 1 aromatic carbocycles. The van der Waals surface area contributed by atoms with Crippen LogP contribution in [-0.2, 0) is 32.0 Å². The first-order valence-corrected chi connectivity index (χ1v) is 11.1. The second-order valence-corrected chi connectivity index (χ2v) is 9.64. The lowest BCUT2D eigenvalue weighted by Gasteiger charge is -2.52. The normalized spacial score (nSPS) is 33.5. The molecule has 0 aliphatic heterocycles. The highest BCUT2D eigenvalue weighted by Gasteiger charge is 2.69. The topological polar surface area (TPSA) is 155 Å². The number of nitrogens with two attached hydrogens (primary N) is 1. The SMILES string of the molecule is CCCc1ccc(O)c2c1C[C@H]1C[C@H]3[C@H](N(C)C)C(=O)C(C(N)=O)C(=O)[C@@]3(O)C(=O)C1C2=O. The molecule has 2 saturated carbocycles. The predicted molar refractivity (Wildman–Crippen MR) is 115 cm³/mol. The summed E-state index contributed by atoms with van der Waals surface area (Å²) in [5.74, 6) is -10.1. The van der Waals surface area contributed by atoms with E-state index in [-0.39, 0.29) is 17.7 Å². The number of hydrogen-bond donors (Lipinski definition) is 3. The summed E-state index contributed by atoms with van der Waals surface area (Å²) in [7, 11) is 3.12. The number of carbonyl (C=O) groups is 5. The van der Waals surface area contributed by atoms with Gasteiger partial charge < -0.3 is 15.9 Å². The number of benzene rings is 1. The number of likely N-dealkylation sites (N-methyl/N-ethyl adjacent to an activating group) is 1. The Hall–Kier alpha value is -2.91. The number of hydrogen-bond acceptors (Lipinski definition) is 8. The van der Waals surface area contributed by atoms with Crippen molar-refractivity contribution >= 4 is 29.0 Å². The summed E-state index contributed by atoms with van der Waals surface area (Å²) in [6.07, 6.45) is 1.87. The Balaban J connectivity index is 1.87. The molecule has 0 saturated heterocycles. The van der Waals surface area contributed by atoms with Crippen LogP contribution in [0, 0.1) is 23.7 Å². The largest absolute Gasteiger partial charge is 0.507 e. The summed E-state index contributed by atoms with van der Waals surface area (Å²) in [5.41, 5.74) is 4.24. The summed E-state index contributed by atoms with van der Waals surface area (Å²) in [6, 6.07) is 2.09. The van der Waals surface area contributed by atoms with Crippen molar-refractivity contribution in [2.24, 2.45) is 29.4 Å². The fourth-order valence-electron chi connectivity index (χ4n) is 6.17. The Morgan fingerprint density at radius 3 is 2.42 bits per heavy atom. The predicted octanol–water partition coefficient (Wildman–Crippen LogP) is -0.180. The lowest BCUT2D eigenvalue weighted by Crippen LogP contribution is -2.74. The van der Waals surface area contributed by atoms with Gasteiger partial charge in [-0.2, -0.15) is 0 Å². The Kier molecular flexibility index (Phi) is 5.53. The minimum absolute atomic E-state index is 0.0487. The van der Waals surface area contributed by atoms with E-state index < -0.39 is 64.4 Å². The number of Topliss-reactive ketones (excluding diaryl/α,β-unsaturated/α-hetero) is 4. The molecular formula is C24H28N2O7. The van der Waals surface area contributed by atoms with Gasteiger partial charge in [0.2, 0.25) is 5.91 Å². The van der Waals surface area contributed by atoms with Gasteiger partial charge in [-0.05, 0) is 56.5 Å². The molecule has 3 aliphatic carbocycles. The van der Waals surface area contributed by atoms with Crippen LogP contribution < -0.4 is 5.73 Å². The summed E-state index contributed by atoms with van der Waals surface area (Å²) >= 11 is 0. The minimum atomic E-state index is -2.69. The van der Waals surface area contributed by atoms with Gasteiger partial charge in [0.1, 0.15) is 5.75 Å². The molecule has 9 nitrogen and oxygen atoms in total. The van der Waals surface area contributed by atoms with Gasteiger partial charge in [-0.3, -0.25) is 28.9 Å². The zero-order chi connectivity index (χ0) is 24.4. The molecular weight excluding hydrogens is 428 g/mol. The van der Waals surface area contributed by atoms with Gasteiger partial charge in [-0.1, -0.05) is 19.4 Å². The zero-order valence-electron chi connectivity index (χ0n) is 18.8. The molecule has 0 spiro atoms. The monoisotopic (exact) mass is 456 g/mol. The van der Waals surface area contributed by atoms with Crippen LogP contribution in [0.4, 0.5) is 0 Å². The average Bonchev–Trinajstić information content (AvgIpc) is 2.72. The number of aryl methyl sites for hydroxylation is 1. The van der Waals surface area contributed by atoms with Crippen LogP contribution in [0.1, 0.15) is 41.3 Å². The third-order valence-corrected chi connectivity index (χ3v) is 7.56. The van der Waals surface area contributed by atoms with E-state index in [1.807, 2.05) is 6.92 Å². The molecule has 33 heavy (non-hydrogen) atoms. The van der Waals surface area contributed by atoms with Gasteiger partial charge in [0.25, 0.3) is 0 Å². The van der Waals surface area contributed by atoms with E-state index in [0.717, 1.165) is 12.0 Å². The van der Waals surface area contributed by atoms with Crippen LogP contribution in [0.3, 0.4) is 0 Å². The van der Waals surface area contributed by atoms with Crippen molar-refractivity contribution < 1.29 is 34.2 Å². The van der Waals surface area contributed by atoms with E-state index >= 15 is 0 Å². The number of ketones is 4. The Morgan fingerprint density at radius 1 is 1.18 bits per heavy atom. The number of rotatable bonds is 4. The maximum absolute atomic E-state index is 13.7. The van der Waals surface area contributed by atoms with Crippen molar-refractivity contribution in [1.29, 1.82) is 0 Å². The maximum atomic E-state index is 13.7. The lowest BCUT2D eigenvalue weighted by molar-refractivity contribution is -0.181. The number of phenolic OH excluding ortho intramolecular Hbond substituents is 1. The molecule has 3 aliphatic rings. The number of aliphatic hydroxyl groups is 1. The number of phenols is 1. The molecule has 1 amide bonds. The van der Waals surface area contributed by atoms with Gasteiger partial charge in [0.15, 0.2) is 34.7 Å². The summed E-state index contributed by atoms with van der Waals surface area (Å²) in [4.78, 5) is 66.8. The molecule has 0 bridgehead atoms. The maximum Gasteiger partial charge on any atom is 0.235 e. The molecule has 2 fully saturated rings. The Morgan fingerprint density at radius 2 is 1.85 bits per heavy atom. The first-order chi connectivity index (χ1) is 15.5. The molecule has 1 aromatic rings. The average molecular weight is 456 g/mol. The molecule has 9 heteroatoms. The van der Waals surface area contributed by atoms with E-state index in [1.54, 1.807) is 20.2 Å². The van der Waals surface area contributed by atoms with E-state index in [2.05, 4.69) is 0 Å². The highest BCUT2D eigenvalue weighted by Crippen LogP contribution is 2.51. The second kappa shape index (κ2) is 7.85. The minimum Gasteiger partial charge on any atom is -0.507 e. The summed E-state index contributed by atoms with van der Waals surface area (Å²) in [6.45, 7) is 1.99. The van der Waals surface area contributed by atoms with Gasteiger partial charge in [0, 0.05) is 5.92 Å². The van der Waals surface area contributed by atoms with Gasteiger partial charge in [0.05, 0.1) is 17.5 Å². The molecule has 0 radical (unpaired) electrons. The van der Waals surface area contributed by atoms with E-state index in [1.165, 1.54) is 11.0 Å². The third-order valence-electron chi connectivity index (χ3n) is 7.56. The zero-order valence-corrected chi connectivity index (χ0v) is 18.8. The van der Waals surface area contributed by atoms with Crippen LogP contribution in [0.15, 0.2) is 12.1 Å². The van der Waals surface area contributed by atoms with E-state index in [9.17, 15) is 34.2 Å². The van der Waals surface area contributed by atoms with Crippen molar-refractivity contribution in [3.63, 3.8) is 0 Å². The standard InChI is InChI=1S/C24H28N2O7/c1-4-5-10-6-7-14(27)16-12(10)8-11-9-13-18(26(2)3)20(29)17(23(25)32)22(31)24(13,33)21(30)15(11)19(16)28/h6-7,11,13,15,17-18,27,33H,4-5,8-9H2,1-3H3,(H2,25,32)/t11-,13-,15?,17?,18-,24-/m0/s1. The van der Waals surface area contributed by atoms with E-state index in [4.69, 9.17) is 5.73 Å². The molecule has 6 atom stereocenters. The van der Waals surface area contributed by atoms with Crippen LogP contribution in [0.5, 0.6) is 5.75 Å². The number of aromatic hydroxyl groups is 1. The number of carbonyl (C=O) groups excluding carboxylic acids is 5. The van der Waals surface area contributed by atoms with Crippen LogP contribution >= 0.6 is 0 Å². The summed E-state index contributed by atoms with van der Waals surface area (Å²) in [5, 5.41) is 21.9. The van der Waals surface area contributed by atoms with E-state index in [0.29, 0.717) is 18.4 Å². The molecule has 2 unspecified atom stereocenters. The highest BCUT2D eigenvalue weighted by atomic mass is 16.3. The molecule has 4 N–H and O–H groups in total. The molecule has 4 rings (SSSR count). The molecule has 0 aromatic heterocycles. The van der Waals surface area contributed by atoms with Crippen molar-refractivity contribution in [2.75, 3.05) is 14.1 Å². The van der Waals surface area contributed by atoms with Crippen molar-refractivity contribution in [2.45, 2.75) is 44.2 Å². The number of fused-ring (bicyclic) bond motifs is 3. The quantitative estimate of drug-likeness (QED) is 0.527. The number of amides is 1. The van der Waals surface area contributed by atoms with Gasteiger partial charge >= 0.3 is 0 Å². The van der Waals surface area contributed by atoms with Gasteiger partial charge in [-0.25, -0.2) is 0 Å². The first kappa shape index (κ1) is 23.3. The molecule has 176 valence electrons. The first-order valence-electron chi connectivity index (χ1n) is 11.1. The summed E-state index contributed by atoms with van der Waals surface area (Å²) < 4.78 is 0. The highest BCUT2D eigenvalue weighted by molar-refractivity contribution is 6.32. The van der Waals surface area contributed by atoms with Crippen LogP contribution in [0.2, 0.25) is 0 Å². The fraction of sp³-hybridized carbons (Fsp3) is 0.542. The van der Waals surface area contributed by atoms with Crippen molar-refractivity contribution in [3.05, 3.63) is 28.8 Å². The Bertz CT molecular complexity index is 1090. The van der Waals surface area contributed by atoms with Crippen LogP contribution in [-0.4, -0.2) is 69.9 Å². The molecule has 0 heterocycles. The number of primary amides is 1. The second-order valence-electron chi connectivity index (χ2n) is 9.64. The van der Waals surface area contributed by atoms with Gasteiger partial charge in [-0.15, -0.1) is 0 Å². The smallest absolute Gasteiger partial charge is 0.235 e. The fourth-order valence-corrected chi connectivity index (χ4v) is 6.17. The third kappa shape index (κ3) is 3.09. The van der Waals surface area contributed by atoms with Crippen molar-refractivity contribution in [1.82, 2.24) is 4.90 Å². The Labute approximate surface area is 190 Å². The van der Waals surface area contributed by atoms with Crippen LogP contribution in [0.25, 0.3) is 0 Å². The lowest BCUT2D eigenvalue weighted by atomic mass is 9.52. The number of nitrogens with zero attached hydrogens (tertiary/aromatic N) is 1. The van der Waals surface area contributed by atoms with Crippen molar-refractivity contribution in [3.8, 4) is 5.75 Å².